The van der Waals surface area contributed by atoms with Gasteiger partial charge in [-0.2, -0.15) is 0 Å². The van der Waals surface area contributed by atoms with Gasteiger partial charge in [-0.25, -0.2) is 4.99 Å². The minimum atomic E-state index is -0.250. The fraction of sp³-hybridized carbons (Fsp3) is 0.571. The summed E-state index contributed by atoms with van der Waals surface area (Å²) in [5, 5.41) is 4.78. The average molecular weight is 477 g/mol. The molecule has 2 aliphatic heterocycles. The molecule has 1 saturated heterocycles. The number of nitrogens with zero attached hydrogens (tertiary/aromatic N) is 4. The first-order valence-electron chi connectivity index (χ1n) is 13.1. The second-order valence-electron chi connectivity index (χ2n) is 11.2. The Morgan fingerprint density at radius 1 is 1.29 bits per heavy atom. The molecule has 2 aromatic rings. The van der Waals surface area contributed by atoms with E-state index in [1.54, 1.807) is 7.05 Å². The minimum Gasteiger partial charge on any atom is -0.357 e. The van der Waals surface area contributed by atoms with Crippen LogP contribution < -0.4 is 5.32 Å². The van der Waals surface area contributed by atoms with E-state index in [1.807, 2.05) is 6.21 Å². The normalized spacial score (nSPS) is 31.2. The number of hydrogen-bond acceptors (Lipinski definition) is 3. The molecule has 6 nitrogen and oxygen atoms in total. The van der Waals surface area contributed by atoms with E-state index in [0.717, 1.165) is 37.5 Å². The molecule has 35 heavy (non-hydrogen) atoms. The van der Waals surface area contributed by atoms with E-state index in [4.69, 9.17) is 4.99 Å². The number of nitrogens with one attached hydrogen (secondary N) is 2. The zero-order chi connectivity index (χ0) is 24.2. The molecular formula is C28H37FN6. The summed E-state index contributed by atoms with van der Waals surface area (Å²) in [6, 6.07) is 9.53. The van der Waals surface area contributed by atoms with Crippen molar-refractivity contribution in [1.29, 1.82) is 0 Å². The van der Waals surface area contributed by atoms with Crippen molar-refractivity contribution in [2.45, 2.75) is 62.7 Å². The topological polar surface area (TPSA) is 59.0 Å². The van der Waals surface area contributed by atoms with Crippen LogP contribution in [0.15, 0.2) is 46.4 Å². The van der Waals surface area contributed by atoms with Crippen LogP contribution in [0.4, 0.5) is 4.39 Å². The van der Waals surface area contributed by atoms with E-state index in [1.165, 1.54) is 41.4 Å². The second kappa shape index (κ2) is 8.86. The van der Waals surface area contributed by atoms with Crippen LogP contribution in [-0.2, 0) is 6.42 Å². The molecule has 3 saturated carbocycles. The molecule has 186 valence electrons. The number of aromatic amines is 1. The van der Waals surface area contributed by atoms with Gasteiger partial charge in [0.15, 0.2) is 0 Å². The highest BCUT2D eigenvalue weighted by Gasteiger charge is 2.63. The lowest BCUT2D eigenvalue weighted by Gasteiger charge is -2.70. The zero-order valence-corrected chi connectivity index (χ0v) is 20.9. The van der Waals surface area contributed by atoms with Crippen molar-refractivity contribution >= 4 is 23.1 Å². The molecule has 3 aliphatic carbocycles. The highest BCUT2D eigenvalue weighted by Crippen LogP contribution is 2.64. The number of aromatic nitrogens is 1. The van der Waals surface area contributed by atoms with E-state index in [-0.39, 0.29) is 12.7 Å². The molecule has 1 aromatic heterocycles. The Balaban J connectivity index is 1.23. The maximum atomic E-state index is 12.4. The van der Waals surface area contributed by atoms with Crippen molar-refractivity contribution in [3.8, 4) is 0 Å². The summed E-state index contributed by atoms with van der Waals surface area (Å²) in [6.07, 6.45) is 7.54. The van der Waals surface area contributed by atoms with Crippen molar-refractivity contribution in [2.75, 3.05) is 33.4 Å². The van der Waals surface area contributed by atoms with Crippen molar-refractivity contribution in [2.24, 2.45) is 15.9 Å². The predicted octanol–water partition coefficient (Wildman–Crippen LogP) is 4.25. The van der Waals surface area contributed by atoms with Crippen molar-refractivity contribution < 1.29 is 4.39 Å². The summed E-state index contributed by atoms with van der Waals surface area (Å²) in [6.45, 7) is 9.32. The number of fused-ring (bicyclic) bond motifs is 3. The van der Waals surface area contributed by atoms with Crippen molar-refractivity contribution in [3.05, 3.63) is 47.7 Å². The average Bonchev–Trinajstić information content (AvgIpc) is 3.13. The summed E-state index contributed by atoms with van der Waals surface area (Å²) in [5.74, 6) is 1.56. The first kappa shape index (κ1) is 22.9. The highest BCUT2D eigenvalue weighted by molar-refractivity contribution is 5.94. The van der Waals surface area contributed by atoms with Gasteiger partial charge in [0, 0.05) is 61.1 Å². The Kier molecular flexibility index (Phi) is 5.80. The van der Waals surface area contributed by atoms with Gasteiger partial charge in [0.2, 0.25) is 5.96 Å². The molecule has 0 unspecified atom stereocenters. The molecule has 2 bridgehead atoms. The van der Waals surface area contributed by atoms with Gasteiger partial charge in [-0.15, -0.1) is 0 Å². The van der Waals surface area contributed by atoms with Gasteiger partial charge in [0.1, 0.15) is 0 Å². The fourth-order valence-corrected chi connectivity index (χ4v) is 7.00. The summed E-state index contributed by atoms with van der Waals surface area (Å²) < 4.78 is 12.4. The summed E-state index contributed by atoms with van der Waals surface area (Å²) in [4.78, 5) is 17.9. The maximum Gasteiger partial charge on any atom is 0.217 e. The number of halogens is 1. The Hall–Kier alpha value is -2.51. The SMILES string of the molecule is C=C(/C=N\C(=N/C)NC1CN(CCCF)C1)[C@@H]1c2[nH]c3ccccc3c2C[C@@H](C)N1C12CC(C1)C2. The molecule has 1 aromatic carbocycles. The lowest BCUT2D eigenvalue weighted by Crippen LogP contribution is -2.71. The summed E-state index contributed by atoms with van der Waals surface area (Å²) in [5.41, 5.74) is 5.26. The maximum absolute atomic E-state index is 12.4. The third kappa shape index (κ3) is 3.84. The van der Waals surface area contributed by atoms with E-state index >= 15 is 0 Å². The van der Waals surface area contributed by atoms with E-state index in [0.29, 0.717) is 30.0 Å². The number of aliphatic imine (C=N–C) groups is 2. The predicted molar refractivity (Wildman–Crippen MR) is 141 cm³/mol. The van der Waals surface area contributed by atoms with Crippen LogP contribution in [0, 0.1) is 5.92 Å². The molecule has 0 spiro atoms. The molecule has 7 heteroatoms. The lowest BCUT2D eigenvalue weighted by atomic mass is 9.48. The number of alkyl halides is 1. The monoisotopic (exact) mass is 476 g/mol. The minimum absolute atomic E-state index is 0.101. The standard InChI is InChI=1S/C28H37FN6/c1-18(15-31-27(30-3)32-21-16-34(17-21)10-6-9-29)26-25-23(22-7-4-5-8-24(22)33-25)11-19(2)35(26)28-12-20(13-28)14-28/h4-5,7-8,15,19-21,26,33H,1,6,9-14,16-17H2,2-3H3,(H,30,32)/b31-15-/t19-,20?,26-,28?/m1/s1. The number of H-pyrrole nitrogens is 1. The van der Waals surface area contributed by atoms with Crippen LogP contribution in [-0.4, -0.2) is 77.9 Å². The number of hydrogen-bond donors (Lipinski definition) is 2. The first-order chi connectivity index (χ1) is 17.0. The number of para-hydroxylation sites is 1. The lowest BCUT2D eigenvalue weighted by molar-refractivity contribution is -0.174. The Morgan fingerprint density at radius 3 is 2.74 bits per heavy atom. The largest absolute Gasteiger partial charge is 0.357 e. The number of benzene rings is 1. The van der Waals surface area contributed by atoms with Gasteiger partial charge in [0.25, 0.3) is 0 Å². The first-order valence-corrected chi connectivity index (χ1v) is 13.1. The van der Waals surface area contributed by atoms with Gasteiger partial charge in [-0.05, 0) is 62.1 Å². The molecule has 5 aliphatic rings. The third-order valence-electron chi connectivity index (χ3n) is 8.74. The molecular weight excluding hydrogens is 439 g/mol. The third-order valence-corrected chi connectivity index (χ3v) is 8.74. The summed E-state index contributed by atoms with van der Waals surface area (Å²) in [7, 11) is 1.77. The quantitative estimate of drug-likeness (QED) is 0.464. The van der Waals surface area contributed by atoms with Crippen LogP contribution in [0.25, 0.3) is 10.9 Å². The van der Waals surface area contributed by atoms with Gasteiger partial charge in [-0.3, -0.25) is 19.2 Å². The van der Waals surface area contributed by atoms with Crippen LogP contribution in [0.5, 0.6) is 0 Å². The van der Waals surface area contributed by atoms with E-state index in [2.05, 4.69) is 62.9 Å². The van der Waals surface area contributed by atoms with Crippen molar-refractivity contribution in [3.63, 3.8) is 0 Å². The van der Waals surface area contributed by atoms with Crippen LogP contribution in [0.3, 0.4) is 0 Å². The van der Waals surface area contributed by atoms with Gasteiger partial charge in [-0.1, -0.05) is 24.8 Å². The molecule has 2 N–H and O–H groups in total. The van der Waals surface area contributed by atoms with Gasteiger partial charge < -0.3 is 10.3 Å². The molecule has 4 fully saturated rings. The van der Waals surface area contributed by atoms with Crippen molar-refractivity contribution in [1.82, 2.24) is 20.1 Å². The van der Waals surface area contributed by atoms with E-state index in [9.17, 15) is 4.39 Å². The molecule has 2 atom stereocenters. The Morgan fingerprint density at radius 2 is 2.06 bits per heavy atom. The highest BCUT2D eigenvalue weighted by atomic mass is 19.1. The van der Waals surface area contributed by atoms with Gasteiger partial charge >= 0.3 is 0 Å². The Labute approximate surface area is 207 Å². The number of likely N-dealkylation sites (tertiary alicyclic amines) is 1. The fourth-order valence-electron chi connectivity index (χ4n) is 7.00. The van der Waals surface area contributed by atoms with Crippen LogP contribution in [0.2, 0.25) is 0 Å². The second-order valence-corrected chi connectivity index (χ2v) is 11.2. The van der Waals surface area contributed by atoms with Crippen LogP contribution in [0.1, 0.15) is 49.9 Å². The molecule has 3 heterocycles. The summed E-state index contributed by atoms with van der Waals surface area (Å²) >= 11 is 0. The Bertz CT molecular complexity index is 1160. The van der Waals surface area contributed by atoms with E-state index < -0.39 is 0 Å². The molecule has 0 radical (unpaired) electrons. The van der Waals surface area contributed by atoms with Crippen LogP contribution >= 0.6 is 0 Å². The molecule has 7 rings (SSSR count). The zero-order valence-electron chi connectivity index (χ0n) is 20.9. The molecule has 0 amide bonds. The smallest absolute Gasteiger partial charge is 0.217 e. The number of rotatable bonds is 7. The van der Waals surface area contributed by atoms with Gasteiger partial charge in [0.05, 0.1) is 18.8 Å². The number of guanidine groups is 1.